The fraction of sp³-hybridized carbons (Fsp3) is 0.400. The zero-order valence-electron chi connectivity index (χ0n) is 18.2. The number of hydrogen-bond acceptors (Lipinski definition) is 4. The Balaban J connectivity index is 1.87. The number of nitrogens with one attached hydrogen (secondary N) is 1. The summed E-state index contributed by atoms with van der Waals surface area (Å²) in [5.41, 5.74) is 3.83. The van der Waals surface area contributed by atoms with Crippen molar-refractivity contribution in [3.8, 4) is 5.75 Å². The Morgan fingerprint density at radius 3 is 2.31 bits per heavy atom. The number of rotatable bonds is 6. The van der Waals surface area contributed by atoms with Crippen LogP contribution in [0.5, 0.6) is 5.75 Å². The lowest BCUT2D eigenvalue weighted by Gasteiger charge is -2.25. The first-order valence-electron chi connectivity index (χ1n) is 10.1. The van der Waals surface area contributed by atoms with Gasteiger partial charge in [-0.3, -0.25) is 0 Å². The summed E-state index contributed by atoms with van der Waals surface area (Å²) in [6.07, 6.45) is 0. The minimum Gasteiger partial charge on any atom is -0.497 e. The molecule has 1 atom stereocenters. The molecule has 1 N–H and O–H groups in total. The SMILES string of the molecule is COc1ccc2c(CNC(c3ccc(C(C)(C)C)cc3)C(C)C)cc(=O)oc2c1. The van der Waals surface area contributed by atoms with Crippen LogP contribution in [0, 0.1) is 5.92 Å². The molecule has 1 unspecified atom stereocenters. The number of methoxy groups -OCH3 is 1. The van der Waals surface area contributed by atoms with Gasteiger partial charge < -0.3 is 14.5 Å². The molecule has 29 heavy (non-hydrogen) atoms. The fourth-order valence-corrected chi connectivity index (χ4v) is 3.63. The summed E-state index contributed by atoms with van der Waals surface area (Å²) in [4.78, 5) is 12.0. The van der Waals surface area contributed by atoms with E-state index in [1.54, 1.807) is 19.2 Å². The molecule has 0 aliphatic rings. The van der Waals surface area contributed by atoms with E-state index in [0.29, 0.717) is 23.8 Å². The maximum Gasteiger partial charge on any atom is 0.336 e. The van der Waals surface area contributed by atoms with Gasteiger partial charge in [-0.05, 0) is 40.2 Å². The molecule has 4 heteroatoms. The van der Waals surface area contributed by atoms with Crippen molar-refractivity contribution in [2.75, 3.05) is 7.11 Å². The molecule has 0 spiro atoms. The van der Waals surface area contributed by atoms with Gasteiger partial charge in [-0.2, -0.15) is 0 Å². The lowest BCUT2D eigenvalue weighted by molar-refractivity contribution is 0.409. The van der Waals surface area contributed by atoms with E-state index in [0.717, 1.165) is 10.9 Å². The summed E-state index contributed by atoms with van der Waals surface area (Å²) in [5, 5.41) is 4.57. The van der Waals surface area contributed by atoms with Crippen LogP contribution in [-0.4, -0.2) is 7.11 Å². The Bertz CT molecular complexity index is 1030. The number of ether oxygens (including phenoxy) is 1. The van der Waals surface area contributed by atoms with Crippen LogP contribution in [0.4, 0.5) is 0 Å². The largest absolute Gasteiger partial charge is 0.497 e. The van der Waals surface area contributed by atoms with Crippen LogP contribution in [-0.2, 0) is 12.0 Å². The third-order valence-electron chi connectivity index (χ3n) is 5.35. The summed E-state index contributed by atoms with van der Waals surface area (Å²) in [7, 11) is 1.60. The lowest BCUT2D eigenvalue weighted by Crippen LogP contribution is -2.26. The van der Waals surface area contributed by atoms with Gasteiger partial charge in [0.05, 0.1) is 7.11 Å². The zero-order chi connectivity index (χ0) is 21.2. The molecule has 1 aromatic heterocycles. The first kappa shape index (κ1) is 21.1. The molecule has 0 aliphatic heterocycles. The van der Waals surface area contributed by atoms with Crippen molar-refractivity contribution in [3.05, 3.63) is 75.6 Å². The first-order valence-corrected chi connectivity index (χ1v) is 10.1. The van der Waals surface area contributed by atoms with Crippen molar-refractivity contribution in [2.45, 2.75) is 52.6 Å². The van der Waals surface area contributed by atoms with Gasteiger partial charge in [0.25, 0.3) is 0 Å². The maximum absolute atomic E-state index is 12.0. The molecule has 0 amide bonds. The van der Waals surface area contributed by atoms with Crippen LogP contribution in [0.25, 0.3) is 11.0 Å². The van der Waals surface area contributed by atoms with Gasteiger partial charge in [-0.15, -0.1) is 0 Å². The van der Waals surface area contributed by atoms with Crippen molar-refractivity contribution in [2.24, 2.45) is 5.92 Å². The van der Waals surface area contributed by atoms with Gasteiger partial charge in [0.1, 0.15) is 11.3 Å². The average Bonchev–Trinajstić information content (AvgIpc) is 2.66. The summed E-state index contributed by atoms with van der Waals surface area (Å²) in [5.74, 6) is 1.08. The van der Waals surface area contributed by atoms with Gasteiger partial charge in [0, 0.05) is 30.1 Å². The average molecular weight is 394 g/mol. The van der Waals surface area contributed by atoms with E-state index in [4.69, 9.17) is 9.15 Å². The highest BCUT2D eigenvalue weighted by Gasteiger charge is 2.18. The third-order valence-corrected chi connectivity index (χ3v) is 5.35. The second kappa shape index (κ2) is 8.42. The van der Waals surface area contributed by atoms with E-state index in [9.17, 15) is 4.79 Å². The zero-order valence-corrected chi connectivity index (χ0v) is 18.2. The molecule has 154 valence electrons. The predicted molar refractivity (Wildman–Crippen MR) is 119 cm³/mol. The lowest BCUT2D eigenvalue weighted by atomic mass is 9.85. The van der Waals surface area contributed by atoms with Gasteiger partial charge in [0.2, 0.25) is 0 Å². The number of fused-ring (bicyclic) bond motifs is 1. The Morgan fingerprint density at radius 1 is 1.03 bits per heavy atom. The smallest absolute Gasteiger partial charge is 0.336 e. The van der Waals surface area contributed by atoms with E-state index in [-0.39, 0.29) is 17.1 Å². The van der Waals surface area contributed by atoms with Crippen molar-refractivity contribution >= 4 is 11.0 Å². The molecule has 2 aromatic carbocycles. The van der Waals surface area contributed by atoms with Crippen LogP contribution < -0.4 is 15.7 Å². The third kappa shape index (κ3) is 4.88. The van der Waals surface area contributed by atoms with Gasteiger partial charge in [-0.1, -0.05) is 58.9 Å². The number of hydrogen-bond donors (Lipinski definition) is 1. The molecular weight excluding hydrogens is 362 g/mol. The molecule has 0 radical (unpaired) electrons. The van der Waals surface area contributed by atoms with Gasteiger partial charge in [-0.25, -0.2) is 4.79 Å². The van der Waals surface area contributed by atoms with Crippen LogP contribution in [0.15, 0.2) is 57.7 Å². The van der Waals surface area contributed by atoms with E-state index in [2.05, 4.69) is 64.2 Å². The second-order valence-electron chi connectivity index (χ2n) is 8.93. The van der Waals surface area contributed by atoms with Crippen molar-refractivity contribution in [3.63, 3.8) is 0 Å². The van der Waals surface area contributed by atoms with E-state index >= 15 is 0 Å². The number of benzene rings is 2. The molecule has 3 aromatic rings. The Kier molecular flexibility index (Phi) is 6.13. The van der Waals surface area contributed by atoms with Crippen molar-refractivity contribution in [1.82, 2.24) is 5.32 Å². The molecule has 4 nitrogen and oxygen atoms in total. The predicted octanol–water partition coefficient (Wildman–Crippen LogP) is 5.59. The molecule has 0 bridgehead atoms. The van der Waals surface area contributed by atoms with Crippen LogP contribution in [0.2, 0.25) is 0 Å². The highest BCUT2D eigenvalue weighted by Crippen LogP contribution is 2.28. The maximum atomic E-state index is 12.0. The minimum atomic E-state index is -0.349. The molecule has 0 fully saturated rings. The molecule has 0 saturated heterocycles. The van der Waals surface area contributed by atoms with Crippen LogP contribution in [0.3, 0.4) is 0 Å². The van der Waals surface area contributed by atoms with E-state index in [1.807, 2.05) is 12.1 Å². The summed E-state index contributed by atoms with van der Waals surface area (Å²) < 4.78 is 10.6. The highest BCUT2D eigenvalue weighted by atomic mass is 16.5. The normalized spacial score (nSPS) is 13.1. The summed E-state index contributed by atoms with van der Waals surface area (Å²) in [6.45, 7) is 11.7. The Hall–Kier alpha value is -2.59. The van der Waals surface area contributed by atoms with Gasteiger partial charge in [0.15, 0.2) is 0 Å². The quantitative estimate of drug-likeness (QED) is 0.555. The van der Waals surface area contributed by atoms with Crippen molar-refractivity contribution in [1.29, 1.82) is 0 Å². The van der Waals surface area contributed by atoms with E-state index in [1.165, 1.54) is 11.1 Å². The molecule has 0 aliphatic carbocycles. The van der Waals surface area contributed by atoms with Crippen LogP contribution >= 0.6 is 0 Å². The second-order valence-corrected chi connectivity index (χ2v) is 8.93. The highest BCUT2D eigenvalue weighted by molar-refractivity contribution is 5.81. The topological polar surface area (TPSA) is 51.5 Å². The van der Waals surface area contributed by atoms with Crippen LogP contribution in [0.1, 0.15) is 57.4 Å². The molecular formula is C25H31NO3. The fourth-order valence-electron chi connectivity index (χ4n) is 3.63. The Labute approximate surface area is 172 Å². The monoisotopic (exact) mass is 393 g/mol. The molecule has 0 saturated carbocycles. The molecule has 3 rings (SSSR count). The summed E-state index contributed by atoms with van der Waals surface area (Å²) in [6, 6.07) is 16.2. The Morgan fingerprint density at radius 2 is 1.72 bits per heavy atom. The standard InChI is InChI=1S/C25H31NO3/c1-16(2)24(17-7-9-19(10-8-17)25(3,4)5)26-15-18-13-23(27)29-22-14-20(28-6)11-12-21(18)22/h7-14,16,24,26H,15H2,1-6H3. The minimum absolute atomic E-state index is 0.136. The molecule has 1 heterocycles. The van der Waals surface area contributed by atoms with E-state index < -0.39 is 0 Å². The van der Waals surface area contributed by atoms with Crippen molar-refractivity contribution < 1.29 is 9.15 Å². The van der Waals surface area contributed by atoms with Gasteiger partial charge >= 0.3 is 5.63 Å². The summed E-state index contributed by atoms with van der Waals surface area (Å²) >= 11 is 0. The first-order chi connectivity index (χ1) is 13.7.